The molecule has 2 rings (SSSR count). The van der Waals surface area contributed by atoms with Crippen molar-refractivity contribution < 1.29 is 0 Å². The zero-order valence-electron chi connectivity index (χ0n) is 10.3. The molecule has 2 aromatic rings. The average molecular weight is 249 g/mol. The summed E-state index contributed by atoms with van der Waals surface area (Å²) < 4.78 is 0. The lowest BCUT2D eigenvalue weighted by Crippen LogP contribution is -2.02. The van der Waals surface area contributed by atoms with Crippen LogP contribution in [0.5, 0.6) is 0 Å². The van der Waals surface area contributed by atoms with Gasteiger partial charge in [0.25, 0.3) is 0 Å². The molecule has 0 fully saturated rings. The largest absolute Gasteiger partial charge is 0.396 e. The summed E-state index contributed by atoms with van der Waals surface area (Å²) in [5, 5.41) is 20.9. The Morgan fingerprint density at radius 3 is 2.68 bits per heavy atom. The second-order valence-corrected chi connectivity index (χ2v) is 4.01. The number of benzene rings is 1. The molecular formula is C14H11N5. The Morgan fingerprint density at radius 2 is 2.05 bits per heavy atom. The van der Waals surface area contributed by atoms with E-state index in [0.29, 0.717) is 28.3 Å². The highest BCUT2D eigenvalue weighted by Crippen LogP contribution is 2.25. The molecule has 0 aliphatic heterocycles. The minimum absolute atomic E-state index is 0.365. The number of nitrogens with zero attached hydrogens (tertiary/aromatic N) is 3. The van der Waals surface area contributed by atoms with Crippen molar-refractivity contribution in [2.45, 2.75) is 6.92 Å². The molecule has 5 nitrogen and oxygen atoms in total. The first-order valence-corrected chi connectivity index (χ1v) is 5.58. The third-order valence-corrected chi connectivity index (χ3v) is 2.68. The molecule has 0 spiro atoms. The number of rotatable bonds is 2. The molecule has 19 heavy (non-hydrogen) atoms. The van der Waals surface area contributed by atoms with Crippen LogP contribution in [0, 0.1) is 29.6 Å². The number of hydrogen-bond acceptors (Lipinski definition) is 5. The van der Waals surface area contributed by atoms with Gasteiger partial charge >= 0.3 is 0 Å². The molecule has 0 aliphatic rings. The molecule has 0 saturated heterocycles. The minimum atomic E-state index is 0.365. The van der Waals surface area contributed by atoms with E-state index in [1.54, 1.807) is 6.07 Å². The fourth-order valence-corrected chi connectivity index (χ4v) is 1.70. The number of nitrogen functional groups attached to an aromatic ring is 1. The Bertz CT molecular complexity index is 707. The molecule has 0 bridgehead atoms. The minimum Gasteiger partial charge on any atom is -0.396 e. The molecular weight excluding hydrogens is 238 g/mol. The van der Waals surface area contributed by atoms with Crippen LogP contribution in [-0.2, 0) is 0 Å². The van der Waals surface area contributed by atoms with Crippen LogP contribution in [0.2, 0.25) is 0 Å². The van der Waals surface area contributed by atoms with E-state index in [1.165, 1.54) is 12.3 Å². The number of aromatic nitrogens is 1. The van der Waals surface area contributed by atoms with Crippen molar-refractivity contribution in [2.75, 3.05) is 11.1 Å². The number of aryl methyl sites for hydroxylation is 1. The predicted octanol–water partition coefficient (Wildman–Crippen LogP) is 2.46. The molecule has 3 N–H and O–H groups in total. The van der Waals surface area contributed by atoms with Crippen LogP contribution < -0.4 is 11.1 Å². The smallest absolute Gasteiger partial charge is 0.153 e. The Morgan fingerprint density at radius 1 is 1.26 bits per heavy atom. The molecule has 92 valence electrons. The fourth-order valence-electron chi connectivity index (χ4n) is 1.70. The Hall–Kier alpha value is -3.05. The van der Waals surface area contributed by atoms with E-state index in [4.69, 9.17) is 16.3 Å². The standard InChI is InChI=1S/C14H11N5/c1-9-3-2-4-13(11(9)7-16)19-14-12(17)5-10(6-15)8-18-14/h2-5,8H,17H2,1H3,(H,18,19). The summed E-state index contributed by atoms with van der Waals surface area (Å²) in [5.74, 6) is 0.432. The van der Waals surface area contributed by atoms with Gasteiger partial charge < -0.3 is 11.1 Å². The van der Waals surface area contributed by atoms with Gasteiger partial charge in [-0.05, 0) is 24.6 Å². The summed E-state index contributed by atoms with van der Waals surface area (Å²) in [7, 11) is 0. The third kappa shape index (κ3) is 2.46. The molecule has 0 aliphatic carbocycles. The molecule has 0 unspecified atom stereocenters. The first-order chi connectivity index (χ1) is 9.15. The highest BCUT2D eigenvalue weighted by Gasteiger charge is 2.08. The van der Waals surface area contributed by atoms with Crippen LogP contribution in [-0.4, -0.2) is 4.98 Å². The average Bonchev–Trinajstić information content (AvgIpc) is 2.41. The lowest BCUT2D eigenvalue weighted by atomic mass is 10.1. The topological polar surface area (TPSA) is 98.5 Å². The van der Waals surface area contributed by atoms with Crippen LogP contribution in [0.4, 0.5) is 17.2 Å². The molecule has 0 atom stereocenters. The fraction of sp³-hybridized carbons (Fsp3) is 0.0714. The van der Waals surface area contributed by atoms with Gasteiger partial charge in [0.05, 0.1) is 22.5 Å². The van der Waals surface area contributed by atoms with Gasteiger partial charge in [0, 0.05) is 6.20 Å². The third-order valence-electron chi connectivity index (χ3n) is 2.68. The van der Waals surface area contributed by atoms with E-state index in [2.05, 4.69) is 16.4 Å². The lowest BCUT2D eigenvalue weighted by Gasteiger charge is -2.10. The molecule has 0 saturated carbocycles. The van der Waals surface area contributed by atoms with Crippen molar-refractivity contribution in [1.29, 1.82) is 10.5 Å². The van der Waals surface area contributed by atoms with Crippen LogP contribution in [0.3, 0.4) is 0 Å². The van der Waals surface area contributed by atoms with Gasteiger partial charge in [-0.1, -0.05) is 12.1 Å². The van der Waals surface area contributed by atoms with Gasteiger partial charge in [0.1, 0.15) is 12.1 Å². The number of pyridine rings is 1. The van der Waals surface area contributed by atoms with E-state index in [0.717, 1.165) is 5.56 Å². The highest BCUT2D eigenvalue weighted by atomic mass is 15.0. The van der Waals surface area contributed by atoms with Crippen molar-refractivity contribution in [3.63, 3.8) is 0 Å². The summed E-state index contributed by atoms with van der Waals surface area (Å²) in [6.07, 6.45) is 1.43. The summed E-state index contributed by atoms with van der Waals surface area (Å²) in [6.45, 7) is 1.86. The molecule has 0 radical (unpaired) electrons. The molecule has 0 amide bonds. The molecule has 1 aromatic heterocycles. The van der Waals surface area contributed by atoms with Crippen LogP contribution in [0.15, 0.2) is 30.5 Å². The summed E-state index contributed by atoms with van der Waals surface area (Å²) in [4.78, 5) is 4.08. The van der Waals surface area contributed by atoms with Gasteiger partial charge in [0.2, 0.25) is 0 Å². The first kappa shape index (κ1) is 12.4. The van der Waals surface area contributed by atoms with Gasteiger partial charge in [-0.25, -0.2) is 4.98 Å². The van der Waals surface area contributed by atoms with E-state index in [-0.39, 0.29) is 0 Å². The van der Waals surface area contributed by atoms with Crippen molar-refractivity contribution in [3.8, 4) is 12.1 Å². The van der Waals surface area contributed by atoms with Gasteiger partial charge in [-0.3, -0.25) is 0 Å². The van der Waals surface area contributed by atoms with E-state index in [9.17, 15) is 0 Å². The first-order valence-electron chi connectivity index (χ1n) is 5.58. The summed E-state index contributed by atoms with van der Waals surface area (Å²) >= 11 is 0. The van der Waals surface area contributed by atoms with E-state index in [1.807, 2.05) is 25.1 Å². The number of hydrogen-bond donors (Lipinski definition) is 2. The zero-order valence-corrected chi connectivity index (χ0v) is 10.3. The van der Waals surface area contributed by atoms with E-state index < -0.39 is 0 Å². The van der Waals surface area contributed by atoms with Gasteiger partial charge in [0.15, 0.2) is 5.82 Å². The van der Waals surface area contributed by atoms with Crippen molar-refractivity contribution in [3.05, 3.63) is 47.2 Å². The molecule has 1 heterocycles. The Labute approximate surface area is 110 Å². The van der Waals surface area contributed by atoms with Crippen molar-refractivity contribution in [1.82, 2.24) is 4.98 Å². The number of anilines is 3. The van der Waals surface area contributed by atoms with Gasteiger partial charge in [-0.15, -0.1) is 0 Å². The van der Waals surface area contributed by atoms with E-state index >= 15 is 0 Å². The van der Waals surface area contributed by atoms with Crippen molar-refractivity contribution >= 4 is 17.2 Å². The predicted molar refractivity (Wildman–Crippen MR) is 72.5 cm³/mol. The zero-order chi connectivity index (χ0) is 13.8. The molecule has 1 aromatic carbocycles. The maximum atomic E-state index is 9.14. The van der Waals surface area contributed by atoms with Crippen LogP contribution in [0.1, 0.15) is 16.7 Å². The Balaban J connectivity index is 2.41. The normalized spacial score (nSPS) is 9.42. The number of nitrogens with one attached hydrogen (secondary N) is 1. The second kappa shape index (κ2) is 5.07. The van der Waals surface area contributed by atoms with Crippen LogP contribution >= 0.6 is 0 Å². The maximum absolute atomic E-state index is 9.14. The highest BCUT2D eigenvalue weighted by molar-refractivity contribution is 5.73. The summed E-state index contributed by atoms with van der Waals surface area (Å²) in [5.41, 5.74) is 8.65. The monoisotopic (exact) mass is 249 g/mol. The van der Waals surface area contributed by atoms with Crippen molar-refractivity contribution in [2.24, 2.45) is 0 Å². The number of nitriles is 2. The maximum Gasteiger partial charge on any atom is 0.153 e. The quantitative estimate of drug-likeness (QED) is 0.851. The molecule has 5 heteroatoms. The Kier molecular flexibility index (Phi) is 3.31. The summed E-state index contributed by atoms with van der Waals surface area (Å²) in [6, 6.07) is 11.1. The lowest BCUT2D eigenvalue weighted by molar-refractivity contribution is 1.28. The van der Waals surface area contributed by atoms with Gasteiger partial charge in [-0.2, -0.15) is 10.5 Å². The number of nitrogens with two attached hydrogens (primary N) is 1. The SMILES string of the molecule is Cc1cccc(Nc2ncc(C#N)cc2N)c1C#N. The van der Waals surface area contributed by atoms with Crippen LogP contribution in [0.25, 0.3) is 0 Å². The second-order valence-electron chi connectivity index (χ2n) is 4.01.